The highest BCUT2D eigenvalue weighted by Gasteiger charge is 2.73. The van der Waals surface area contributed by atoms with Crippen LogP contribution in [0.3, 0.4) is 0 Å². The number of likely N-dealkylation sites (N-methyl/N-ethyl adjacent to an activating group) is 1. The third-order valence-corrected chi connectivity index (χ3v) is 6.81. The first kappa shape index (κ1) is 19.9. The molecule has 30 heavy (non-hydrogen) atoms. The zero-order chi connectivity index (χ0) is 21.7. The van der Waals surface area contributed by atoms with Crippen molar-refractivity contribution in [3.8, 4) is 12.1 Å². The van der Waals surface area contributed by atoms with E-state index in [-0.39, 0.29) is 5.57 Å². The van der Waals surface area contributed by atoms with Crippen LogP contribution in [0, 0.1) is 28.1 Å². The van der Waals surface area contributed by atoms with Crippen LogP contribution in [0.4, 0.5) is 5.69 Å². The molecule has 2 aromatic rings. The molecule has 1 aliphatic heterocycles. The molecule has 2 aromatic carbocycles. The van der Waals surface area contributed by atoms with E-state index < -0.39 is 28.6 Å². The highest BCUT2D eigenvalue weighted by atomic mass is 79.9. The number of carbonyl (C=O) groups is 2. The molecule has 0 saturated heterocycles. The second-order valence-electron chi connectivity index (χ2n) is 7.23. The number of anilines is 1. The minimum absolute atomic E-state index is 0.00986. The number of hydrogen-bond acceptors (Lipinski definition) is 5. The quantitative estimate of drug-likeness (QED) is 0.636. The third-order valence-electron chi connectivity index (χ3n) is 6.09. The van der Waals surface area contributed by atoms with Crippen molar-refractivity contribution < 1.29 is 14.3 Å². The molecular formula is C23H16BrN3O3. The van der Waals surface area contributed by atoms with E-state index in [1.165, 1.54) is 12.0 Å². The van der Waals surface area contributed by atoms with Crippen LogP contribution in [0.5, 0.6) is 0 Å². The minimum Gasteiger partial charge on any atom is -0.466 e. The number of para-hydroxylation sites is 1. The summed E-state index contributed by atoms with van der Waals surface area (Å²) in [6.45, 7) is 0. The predicted molar refractivity (Wildman–Crippen MR) is 112 cm³/mol. The summed E-state index contributed by atoms with van der Waals surface area (Å²) >= 11 is 3.49. The number of halogens is 1. The Labute approximate surface area is 182 Å². The minimum atomic E-state index is -1.89. The smallest absolute Gasteiger partial charge is 0.334 e. The van der Waals surface area contributed by atoms with Gasteiger partial charge in [-0.3, -0.25) is 4.79 Å². The molecular weight excluding hydrogens is 446 g/mol. The van der Waals surface area contributed by atoms with Crippen molar-refractivity contribution in [2.24, 2.45) is 5.41 Å². The van der Waals surface area contributed by atoms with Gasteiger partial charge in [0.1, 0.15) is 5.41 Å². The topological polar surface area (TPSA) is 94.2 Å². The van der Waals surface area contributed by atoms with Gasteiger partial charge >= 0.3 is 5.97 Å². The fraction of sp³-hybridized carbons (Fsp3) is 0.217. The number of esters is 1. The average Bonchev–Trinajstić information content (AvgIpc) is 3.20. The van der Waals surface area contributed by atoms with Crippen molar-refractivity contribution in [1.29, 1.82) is 10.5 Å². The van der Waals surface area contributed by atoms with Gasteiger partial charge < -0.3 is 9.64 Å². The van der Waals surface area contributed by atoms with E-state index in [2.05, 4.69) is 28.1 Å². The van der Waals surface area contributed by atoms with Crippen molar-refractivity contribution in [1.82, 2.24) is 0 Å². The number of rotatable bonds is 2. The van der Waals surface area contributed by atoms with Gasteiger partial charge in [0.25, 0.3) is 0 Å². The summed E-state index contributed by atoms with van der Waals surface area (Å²) in [6.07, 6.45) is 1.55. The van der Waals surface area contributed by atoms with E-state index in [0.717, 1.165) is 0 Å². The van der Waals surface area contributed by atoms with Crippen LogP contribution in [0.1, 0.15) is 17.0 Å². The van der Waals surface area contributed by atoms with Crippen LogP contribution in [-0.2, 0) is 19.7 Å². The zero-order valence-corrected chi connectivity index (χ0v) is 17.8. The fourth-order valence-corrected chi connectivity index (χ4v) is 5.31. The van der Waals surface area contributed by atoms with Gasteiger partial charge in [0, 0.05) is 23.1 Å². The van der Waals surface area contributed by atoms with E-state index in [1.807, 2.05) is 6.07 Å². The number of nitriles is 2. The maximum Gasteiger partial charge on any atom is 0.334 e. The number of carbonyl (C=O) groups excluding carboxylic acids is 2. The number of fused-ring (bicyclic) bond motifs is 2. The molecule has 2 atom stereocenters. The van der Waals surface area contributed by atoms with Crippen LogP contribution >= 0.6 is 15.9 Å². The molecule has 7 heteroatoms. The van der Waals surface area contributed by atoms with E-state index in [9.17, 15) is 20.1 Å². The molecule has 2 aliphatic rings. The summed E-state index contributed by atoms with van der Waals surface area (Å²) in [5.41, 5.74) is -2.03. The van der Waals surface area contributed by atoms with Crippen LogP contribution in [0.15, 0.2) is 64.7 Å². The lowest BCUT2D eigenvalue weighted by atomic mass is 9.57. The third kappa shape index (κ3) is 2.16. The molecule has 148 valence electrons. The summed E-state index contributed by atoms with van der Waals surface area (Å²) in [6, 6.07) is 18.4. The molecule has 0 aromatic heterocycles. The molecule has 0 fully saturated rings. The van der Waals surface area contributed by atoms with E-state index >= 15 is 0 Å². The number of hydrogen-bond donors (Lipinski definition) is 0. The Balaban J connectivity index is 2.15. The van der Waals surface area contributed by atoms with Crippen molar-refractivity contribution in [3.63, 3.8) is 0 Å². The van der Waals surface area contributed by atoms with Crippen molar-refractivity contribution in [2.75, 3.05) is 19.1 Å². The monoisotopic (exact) mass is 461 g/mol. The molecule has 1 amide bonds. The Hall–Kier alpha value is -3.42. The van der Waals surface area contributed by atoms with Gasteiger partial charge in [-0.25, -0.2) is 4.79 Å². The van der Waals surface area contributed by atoms with Gasteiger partial charge in [-0.15, -0.1) is 0 Å². The summed E-state index contributed by atoms with van der Waals surface area (Å²) in [5, 5.41) is 20.8. The molecule has 0 saturated carbocycles. The van der Waals surface area contributed by atoms with E-state index in [0.29, 0.717) is 21.3 Å². The molecule has 6 nitrogen and oxygen atoms in total. The predicted octanol–water partition coefficient (Wildman–Crippen LogP) is 3.59. The second-order valence-corrected chi connectivity index (χ2v) is 8.09. The number of ether oxygens (including phenoxy) is 1. The zero-order valence-electron chi connectivity index (χ0n) is 16.2. The van der Waals surface area contributed by atoms with Gasteiger partial charge in [0.15, 0.2) is 5.41 Å². The van der Waals surface area contributed by atoms with Gasteiger partial charge in [-0.1, -0.05) is 58.4 Å². The maximum atomic E-state index is 13.8. The standard InChI is InChI=1S/C23H16BrN3O3/c1-27-19-10-6-4-8-15(19)23(21(27)29)17(20(28)30-2)11-16(22(23,12-25)13-26)14-7-3-5-9-18(14)24/h3-11,16H,1-2H3/t16-,23-/m0/s1. The largest absolute Gasteiger partial charge is 0.466 e. The number of methoxy groups -OCH3 is 1. The molecule has 0 N–H and O–H groups in total. The molecule has 0 radical (unpaired) electrons. The van der Waals surface area contributed by atoms with Crippen LogP contribution in [0.2, 0.25) is 0 Å². The molecule has 1 heterocycles. The van der Waals surface area contributed by atoms with Crippen molar-refractivity contribution >= 4 is 33.5 Å². The molecule has 0 bridgehead atoms. The summed E-state index contributed by atoms with van der Waals surface area (Å²) in [5.74, 6) is -2.07. The molecule has 0 unspecified atom stereocenters. The van der Waals surface area contributed by atoms with Gasteiger partial charge in [-0.2, -0.15) is 10.5 Å². The second kappa shape index (κ2) is 6.83. The lowest BCUT2D eigenvalue weighted by Gasteiger charge is -2.37. The Bertz CT molecular complexity index is 1190. The number of benzene rings is 2. The highest BCUT2D eigenvalue weighted by Crippen LogP contribution is 2.65. The lowest BCUT2D eigenvalue weighted by molar-refractivity contribution is -0.139. The Morgan fingerprint density at radius 1 is 1.13 bits per heavy atom. The SMILES string of the molecule is COC(=O)C1=C[C@@H](c2ccccc2Br)C(C#N)(C#N)[C@]12C(=O)N(C)c1ccccc12. The van der Waals surface area contributed by atoms with Crippen LogP contribution in [0.25, 0.3) is 0 Å². The number of allylic oxidation sites excluding steroid dienone is 1. The Morgan fingerprint density at radius 3 is 2.40 bits per heavy atom. The molecule has 4 rings (SSSR count). The summed E-state index contributed by atoms with van der Waals surface area (Å²) in [4.78, 5) is 28.1. The van der Waals surface area contributed by atoms with Gasteiger partial charge in [0.05, 0.1) is 24.8 Å². The fourth-order valence-electron chi connectivity index (χ4n) is 4.78. The number of amides is 1. The number of nitrogens with zero attached hydrogens (tertiary/aromatic N) is 3. The van der Waals surface area contributed by atoms with E-state index in [1.54, 1.807) is 55.6 Å². The van der Waals surface area contributed by atoms with E-state index in [4.69, 9.17) is 4.74 Å². The summed E-state index contributed by atoms with van der Waals surface area (Å²) < 4.78 is 5.68. The van der Waals surface area contributed by atoms with Crippen molar-refractivity contribution in [2.45, 2.75) is 11.3 Å². The Morgan fingerprint density at radius 2 is 1.77 bits per heavy atom. The first-order chi connectivity index (χ1) is 14.4. The van der Waals surface area contributed by atoms with Crippen molar-refractivity contribution in [3.05, 3.63) is 75.8 Å². The van der Waals surface area contributed by atoms with Crippen LogP contribution in [-0.4, -0.2) is 26.0 Å². The van der Waals surface area contributed by atoms with Gasteiger partial charge in [0.2, 0.25) is 5.91 Å². The molecule has 1 spiro atoms. The average molecular weight is 462 g/mol. The summed E-state index contributed by atoms with van der Waals surface area (Å²) in [7, 11) is 2.80. The Kier molecular flexibility index (Phi) is 4.52. The normalized spacial score (nSPS) is 23.5. The maximum absolute atomic E-state index is 13.8. The highest BCUT2D eigenvalue weighted by molar-refractivity contribution is 9.10. The first-order valence-corrected chi connectivity index (χ1v) is 9.95. The first-order valence-electron chi connectivity index (χ1n) is 9.16. The van der Waals surface area contributed by atoms with Crippen LogP contribution < -0.4 is 4.90 Å². The molecule has 1 aliphatic carbocycles. The lowest BCUT2D eigenvalue weighted by Crippen LogP contribution is -2.52. The van der Waals surface area contributed by atoms with Gasteiger partial charge in [-0.05, 0) is 23.3 Å².